The lowest BCUT2D eigenvalue weighted by Crippen LogP contribution is -2.24. The maximum atomic E-state index is 12.3. The van der Waals surface area contributed by atoms with Crippen molar-refractivity contribution in [2.24, 2.45) is 0 Å². The van der Waals surface area contributed by atoms with Crippen LogP contribution in [0.1, 0.15) is 44.7 Å². The Labute approximate surface area is 133 Å². The first-order chi connectivity index (χ1) is 11.0. The Morgan fingerprint density at radius 2 is 2.13 bits per heavy atom. The van der Waals surface area contributed by atoms with Gasteiger partial charge in [0.2, 0.25) is 0 Å². The first kappa shape index (κ1) is 16.5. The molecule has 0 spiro atoms. The van der Waals surface area contributed by atoms with Crippen LogP contribution in [0.3, 0.4) is 0 Å². The molecule has 1 amide bonds. The number of hydrogen-bond donors (Lipinski definition) is 2. The van der Waals surface area contributed by atoms with E-state index < -0.39 is 5.97 Å². The number of carboxylic acids is 1. The maximum absolute atomic E-state index is 12.3. The van der Waals surface area contributed by atoms with Crippen molar-refractivity contribution in [3.8, 4) is 5.75 Å². The standard InChI is InChI=1S/C16H18N2O5/c1-4-12-14(9(2)23-18-12)15(19)17-8-10-5-6-13(22-3)11(7-10)16(20)21/h5-7H,4,8H2,1-3H3,(H,17,19)(H,20,21). The molecule has 7 heteroatoms. The third-order valence-electron chi connectivity index (χ3n) is 3.44. The van der Waals surface area contributed by atoms with Gasteiger partial charge in [0.05, 0.1) is 12.8 Å². The summed E-state index contributed by atoms with van der Waals surface area (Å²) in [6.07, 6.45) is 0.589. The van der Waals surface area contributed by atoms with Crippen LogP contribution in [0.15, 0.2) is 22.7 Å². The van der Waals surface area contributed by atoms with E-state index in [1.807, 2.05) is 6.92 Å². The number of aromatic carboxylic acids is 1. The van der Waals surface area contributed by atoms with Gasteiger partial charge in [-0.3, -0.25) is 4.79 Å². The van der Waals surface area contributed by atoms with Crippen LogP contribution >= 0.6 is 0 Å². The summed E-state index contributed by atoms with van der Waals surface area (Å²) in [6, 6.07) is 4.74. The van der Waals surface area contributed by atoms with E-state index in [1.165, 1.54) is 13.2 Å². The highest BCUT2D eigenvalue weighted by atomic mass is 16.5. The predicted molar refractivity (Wildman–Crippen MR) is 81.7 cm³/mol. The highest BCUT2D eigenvalue weighted by molar-refractivity contribution is 5.96. The summed E-state index contributed by atoms with van der Waals surface area (Å²) in [6.45, 7) is 3.75. The number of carbonyl (C=O) groups excluding carboxylic acids is 1. The number of ether oxygens (including phenoxy) is 1. The fourth-order valence-electron chi connectivity index (χ4n) is 2.25. The van der Waals surface area contributed by atoms with Gasteiger partial charge in [-0.15, -0.1) is 0 Å². The van der Waals surface area contributed by atoms with Crippen molar-refractivity contribution in [3.63, 3.8) is 0 Å². The molecule has 2 N–H and O–H groups in total. The van der Waals surface area contributed by atoms with Gasteiger partial charge in [0.25, 0.3) is 5.91 Å². The van der Waals surface area contributed by atoms with E-state index in [9.17, 15) is 9.59 Å². The van der Waals surface area contributed by atoms with E-state index in [2.05, 4.69) is 10.5 Å². The summed E-state index contributed by atoms with van der Waals surface area (Å²) in [4.78, 5) is 23.5. The molecule has 7 nitrogen and oxygen atoms in total. The van der Waals surface area contributed by atoms with E-state index in [0.717, 1.165) is 0 Å². The summed E-state index contributed by atoms with van der Waals surface area (Å²) >= 11 is 0. The number of nitrogens with zero attached hydrogens (tertiary/aromatic N) is 1. The zero-order valence-corrected chi connectivity index (χ0v) is 13.2. The number of methoxy groups -OCH3 is 1. The van der Waals surface area contributed by atoms with E-state index in [0.29, 0.717) is 29.0 Å². The molecule has 0 bridgehead atoms. The van der Waals surface area contributed by atoms with Crippen LogP contribution < -0.4 is 10.1 Å². The fourth-order valence-corrected chi connectivity index (χ4v) is 2.25. The van der Waals surface area contributed by atoms with Gasteiger partial charge in [-0.1, -0.05) is 18.1 Å². The molecule has 0 aliphatic carbocycles. The first-order valence-electron chi connectivity index (χ1n) is 7.11. The number of carbonyl (C=O) groups is 2. The summed E-state index contributed by atoms with van der Waals surface area (Å²) < 4.78 is 10.0. The van der Waals surface area contributed by atoms with Crippen molar-refractivity contribution in [1.29, 1.82) is 0 Å². The van der Waals surface area contributed by atoms with Crippen molar-refractivity contribution in [1.82, 2.24) is 10.5 Å². The smallest absolute Gasteiger partial charge is 0.339 e. The summed E-state index contributed by atoms with van der Waals surface area (Å²) in [5, 5.41) is 15.8. The maximum Gasteiger partial charge on any atom is 0.339 e. The summed E-state index contributed by atoms with van der Waals surface area (Å²) in [7, 11) is 1.41. The number of amides is 1. The fraction of sp³-hybridized carbons (Fsp3) is 0.312. The van der Waals surface area contributed by atoms with Crippen LogP contribution in [0.5, 0.6) is 5.75 Å². The van der Waals surface area contributed by atoms with Gasteiger partial charge in [0.1, 0.15) is 22.6 Å². The van der Waals surface area contributed by atoms with Gasteiger partial charge in [-0.2, -0.15) is 0 Å². The zero-order chi connectivity index (χ0) is 17.0. The normalized spacial score (nSPS) is 10.4. The molecule has 1 aromatic heterocycles. The van der Waals surface area contributed by atoms with Crippen LogP contribution in [-0.4, -0.2) is 29.2 Å². The number of rotatable bonds is 6. The summed E-state index contributed by atoms with van der Waals surface area (Å²) in [5.74, 6) is -0.650. The largest absolute Gasteiger partial charge is 0.496 e. The second-order valence-corrected chi connectivity index (χ2v) is 4.94. The van der Waals surface area contributed by atoms with Crippen molar-refractivity contribution in [3.05, 3.63) is 46.3 Å². The van der Waals surface area contributed by atoms with E-state index in [-0.39, 0.29) is 23.8 Å². The quantitative estimate of drug-likeness (QED) is 0.846. The van der Waals surface area contributed by atoms with Crippen LogP contribution in [0.25, 0.3) is 0 Å². The molecule has 0 radical (unpaired) electrons. The van der Waals surface area contributed by atoms with Crippen molar-refractivity contribution in [2.45, 2.75) is 26.8 Å². The number of benzene rings is 1. The Balaban J connectivity index is 2.14. The zero-order valence-electron chi connectivity index (χ0n) is 13.2. The molecule has 0 saturated carbocycles. The molecule has 0 saturated heterocycles. The average molecular weight is 318 g/mol. The molecular formula is C16H18N2O5. The SMILES string of the molecule is CCc1noc(C)c1C(=O)NCc1ccc(OC)c(C(=O)O)c1. The highest BCUT2D eigenvalue weighted by Crippen LogP contribution is 2.20. The Bertz CT molecular complexity index is 736. The van der Waals surface area contributed by atoms with Crippen LogP contribution in [0.4, 0.5) is 0 Å². The molecule has 0 unspecified atom stereocenters. The molecule has 2 rings (SSSR count). The van der Waals surface area contributed by atoms with Crippen LogP contribution in [0.2, 0.25) is 0 Å². The highest BCUT2D eigenvalue weighted by Gasteiger charge is 2.19. The molecule has 0 aliphatic rings. The number of hydrogen-bond acceptors (Lipinski definition) is 5. The topological polar surface area (TPSA) is 102 Å². The van der Waals surface area contributed by atoms with Gasteiger partial charge < -0.3 is 19.7 Å². The molecule has 0 fully saturated rings. The number of nitrogens with one attached hydrogen (secondary N) is 1. The van der Waals surface area contributed by atoms with Gasteiger partial charge >= 0.3 is 5.97 Å². The van der Waals surface area contributed by atoms with Crippen molar-refractivity contribution >= 4 is 11.9 Å². The van der Waals surface area contributed by atoms with Gasteiger partial charge in [0.15, 0.2) is 0 Å². The molecule has 122 valence electrons. The molecule has 0 aliphatic heterocycles. The van der Waals surface area contributed by atoms with E-state index in [1.54, 1.807) is 19.1 Å². The average Bonchev–Trinajstić information content (AvgIpc) is 2.93. The minimum atomic E-state index is -1.09. The summed E-state index contributed by atoms with van der Waals surface area (Å²) in [5.41, 5.74) is 1.73. The molecular weight excluding hydrogens is 300 g/mol. The minimum absolute atomic E-state index is 0.0506. The third-order valence-corrected chi connectivity index (χ3v) is 3.44. The van der Waals surface area contributed by atoms with Crippen molar-refractivity contribution < 1.29 is 24.0 Å². The van der Waals surface area contributed by atoms with Gasteiger partial charge in [-0.25, -0.2) is 4.79 Å². The molecule has 2 aromatic rings. The lowest BCUT2D eigenvalue weighted by Gasteiger charge is -2.09. The van der Waals surface area contributed by atoms with Crippen LogP contribution in [-0.2, 0) is 13.0 Å². The molecule has 1 heterocycles. The Morgan fingerprint density at radius 1 is 1.39 bits per heavy atom. The predicted octanol–water partition coefficient (Wildman–Crippen LogP) is 2.18. The Kier molecular flexibility index (Phi) is 5.00. The Hall–Kier alpha value is -2.83. The number of carboxylic acid groups (broad SMARTS) is 1. The van der Waals surface area contributed by atoms with Crippen molar-refractivity contribution in [2.75, 3.05) is 7.11 Å². The second-order valence-electron chi connectivity index (χ2n) is 4.94. The monoisotopic (exact) mass is 318 g/mol. The van der Waals surface area contributed by atoms with E-state index >= 15 is 0 Å². The number of aromatic nitrogens is 1. The lowest BCUT2D eigenvalue weighted by molar-refractivity contribution is 0.0693. The molecule has 0 atom stereocenters. The molecule has 23 heavy (non-hydrogen) atoms. The first-order valence-corrected chi connectivity index (χ1v) is 7.11. The third kappa shape index (κ3) is 3.50. The molecule has 1 aromatic carbocycles. The van der Waals surface area contributed by atoms with Gasteiger partial charge in [-0.05, 0) is 31.0 Å². The second kappa shape index (κ2) is 6.95. The lowest BCUT2D eigenvalue weighted by atomic mass is 10.1. The van der Waals surface area contributed by atoms with E-state index in [4.69, 9.17) is 14.4 Å². The minimum Gasteiger partial charge on any atom is -0.496 e. The van der Waals surface area contributed by atoms with Gasteiger partial charge in [0, 0.05) is 6.54 Å². The Morgan fingerprint density at radius 3 is 2.74 bits per heavy atom. The number of aryl methyl sites for hydroxylation is 2. The van der Waals surface area contributed by atoms with Crippen LogP contribution in [0, 0.1) is 6.92 Å².